The summed E-state index contributed by atoms with van der Waals surface area (Å²) < 4.78 is 0.886. The van der Waals surface area contributed by atoms with Gasteiger partial charge in [0.25, 0.3) is 5.91 Å². The van der Waals surface area contributed by atoms with E-state index < -0.39 is 0 Å². The molecule has 0 bridgehead atoms. The Morgan fingerprint density at radius 1 is 1.32 bits per heavy atom. The van der Waals surface area contributed by atoms with Crippen LogP contribution in [-0.4, -0.2) is 21.9 Å². The van der Waals surface area contributed by atoms with Crippen LogP contribution in [0.4, 0.5) is 5.69 Å². The number of benzene rings is 1. The molecule has 1 aliphatic carbocycles. The normalized spacial score (nSPS) is 14.5. The summed E-state index contributed by atoms with van der Waals surface area (Å²) in [6, 6.07) is 5.73. The standard InChI is InChI=1S/C16H15BrClN3O/c1-10-8-20-14(9-19-10)16(22)21(12-3-2-4-12)15-6-5-11(17)7-13(15)18/h5-9,12H,2-4H2,1H3. The average molecular weight is 381 g/mol. The summed E-state index contributed by atoms with van der Waals surface area (Å²) >= 11 is 9.74. The van der Waals surface area contributed by atoms with Crippen LogP contribution in [0.2, 0.25) is 5.02 Å². The highest BCUT2D eigenvalue weighted by Gasteiger charge is 2.32. The molecule has 0 aliphatic heterocycles. The fourth-order valence-corrected chi connectivity index (χ4v) is 3.18. The van der Waals surface area contributed by atoms with E-state index in [1.807, 2.05) is 19.1 Å². The van der Waals surface area contributed by atoms with Crippen molar-refractivity contribution >= 4 is 39.1 Å². The van der Waals surface area contributed by atoms with E-state index in [1.165, 1.54) is 6.20 Å². The van der Waals surface area contributed by atoms with Crippen LogP contribution in [0.15, 0.2) is 35.1 Å². The van der Waals surface area contributed by atoms with Crippen molar-refractivity contribution in [1.82, 2.24) is 9.97 Å². The van der Waals surface area contributed by atoms with Crippen molar-refractivity contribution in [1.29, 1.82) is 0 Å². The van der Waals surface area contributed by atoms with E-state index in [0.717, 1.165) is 35.1 Å². The average Bonchev–Trinajstić information content (AvgIpc) is 2.43. The Balaban J connectivity index is 1.99. The minimum atomic E-state index is -0.151. The van der Waals surface area contributed by atoms with Gasteiger partial charge in [-0.15, -0.1) is 0 Å². The van der Waals surface area contributed by atoms with Gasteiger partial charge >= 0.3 is 0 Å². The van der Waals surface area contributed by atoms with Gasteiger partial charge in [0.1, 0.15) is 5.69 Å². The highest BCUT2D eigenvalue weighted by atomic mass is 79.9. The molecule has 1 aromatic heterocycles. The van der Waals surface area contributed by atoms with Crippen molar-refractivity contribution in [2.75, 3.05) is 4.90 Å². The Hall–Kier alpha value is -1.46. The zero-order chi connectivity index (χ0) is 15.7. The lowest BCUT2D eigenvalue weighted by atomic mass is 9.90. The maximum absolute atomic E-state index is 12.9. The Bertz CT molecular complexity index is 701. The first-order valence-corrected chi connectivity index (χ1v) is 8.30. The SMILES string of the molecule is Cc1cnc(C(=O)N(c2ccc(Br)cc2Cl)C2CCC2)cn1. The van der Waals surface area contributed by atoms with Crippen LogP contribution in [0.3, 0.4) is 0 Å². The van der Waals surface area contributed by atoms with Crippen molar-refractivity contribution in [3.63, 3.8) is 0 Å². The van der Waals surface area contributed by atoms with Crippen LogP contribution >= 0.6 is 27.5 Å². The second-order valence-electron chi connectivity index (χ2n) is 5.40. The van der Waals surface area contributed by atoms with Crippen LogP contribution in [0.5, 0.6) is 0 Å². The van der Waals surface area contributed by atoms with Gasteiger partial charge in [0.15, 0.2) is 0 Å². The van der Waals surface area contributed by atoms with Gasteiger partial charge in [0.2, 0.25) is 0 Å². The molecule has 1 aliphatic rings. The number of anilines is 1. The predicted octanol–water partition coefficient (Wildman–Crippen LogP) is 4.40. The third-order valence-corrected chi connectivity index (χ3v) is 4.62. The molecule has 22 heavy (non-hydrogen) atoms. The van der Waals surface area contributed by atoms with Gasteiger partial charge in [-0.1, -0.05) is 27.5 Å². The Morgan fingerprint density at radius 3 is 2.64 bits per heavy atom. The number of halogens is 2. The second kappa shape index (κ2) is 6.34. The highest BCUT2D eigenvalue weighted by Crippen LogP contribution is 2.36. The molecule has 2 aromatic rings. The van der Waals surface area contributed by atoms with Crippen molar-refractivity contribution in [2.24, 2.45) is 0 Å². The van der Waals surface area contributed by atoms with Gasteiger partial charge in [-0.05, 0) is 44.4 Å². The highest BCUT2D eigenvalue weighted by molar-refractivity contribution is 9.10. The fourth-order valence-electron chi connectivity index (χ4n) is 2.42. The second-order valence-corrected chi connectivity index (χ2v) is 6.72. The fraction of sp³-hybridized carbons (Fsp3) is 0.312. The van der Waals surface area contributed by atoms with Gasteiger partial charge in [0.05, 0.1) is 22.6 Å². The largest absolute Gasteiger partial charge is 0.302 e. The minimum Gasteiger partial charge on any atom is -0.302 e. The molecule has 0 unspecified atom stereocenters. The quantitative estimate of drug-likeness (QED) is 0.793. The molecular weight excluding hydrogens is 366 g/mol. The lowest BCUT2D eigenvalue weighted by Crippen LogP contribution is -2.45. The van der Waals surface area contributed by atoms with Crippen LogP contribution in [0.1, 0.15) is 35.4 Å². The van der Waals surface area contributed by atoms with E-state index >= 15 is 0 Å². The number of rotatable bonds is 3. The van der Waals surface area contributed by atoms with Crippen molar-refractivity contribution in [2.45, 2.75) is 32.2 Å². The van der Waals surface area contributed by atoms with Gasteiger partial charge in [-0.25, -0.2) is 4.98 Å². The molecule has 114 valence electrons. The van der Waals surface area contributed by atoms with Crippen LogP contribution in [0.25, 0.3) is 0 Å². The number of nitrogens with zero attached hydrogens (tertiary/aromatic N) is 3. The van der Waals surface area contributed by atoms with Crippen LogP contribution in [-0.2, 0) is 0 Å². The molecule has 1 amide bonds. The smallest absolute Gasteiger partial charge is 0.278 e. The lowest BCUT2D eigenvalue weighted by molar-refractivity contribution is 0.0959. The maximum atomic E-state index is 12.9. The molecule has 1 fully saturated rings. The van der Waals surface area contributed by atoms with E-state index in [1.54, 1.807) is 17.2 Å². The number of aryl methyl sites for hydroxylation is 1. The third-order valence-electron chi connectivity index (χ3n) is 3.83. The minimum absolute atomic E-state index is 0.151. The van der Waals surface area contributed by atoms with E-state index in [0.29, 0.717) is 10.7 Å². The number of hydrogen-bond donors (Lipinski definition) is 0. The molecule has 0 radical (unpaired) electrons. The summed E-state index contributed by atoms with van der Waals surface area (Å²) in [5.74, 6) is -0.151. The summed E-state index contributed by atoms with van der Waals surface area (Å²) in [4.78, 5) is 23.0. The first-order chi connectivity index (χ1) is 10.6. The molecule has 1 saturated carbocycles. The van der Waals surface area contributed by atoms with Crippen LogP contribution in [0, 0.1) is 6.92 Å². The molecular formula is C16H15BrClN3O. The molecule has 1 heterocycles. The van der Waals surface area contributed by atoms with E-state index in [2.05, 4.69) is 25.9 Å². The summed E-state index contributed by atoms with van der Waals surface area (Å²) in [6.45, 7) is 1.84. The number of aromatic nitrogens is 2. The van der Waals surface area contributed by atoms with Crippen LogP contribution < -0.4 is 4.90 Å². The number of amides is 1. The first kappa shape index (κ1) is 15.4. The monoisotopic (exact) mass is 379 g/mol. The Labute approximate surface area is 142 Å². The van der Waals surface area contributed by atoms with Crippen molar-refractivity contribution in [3.05, 3.63) is 51.5 Å². The predicted molar refractivity (Wildman–Crippen MR) is 90.4 cm³/mol. The lowest BCUT2D eigenvalue weighted by Gasteiger charge is -2.37. The summed E-state index contributed by atoms with van der Waals surface area (Å²) in [5, 5.41) is 0.551. The Kier molecular flexibility index (Phi) is 4.45. The third kappa shape index (κ3) is 3.01. The summed E-state index contributed by atoms with van der Waals surface area (Å²) in [5.41, 5.74) is 1.85. The number of hydrogen-bond acceptors (Lipinski definition) is 3. The van der Waals surface area contributed by atoms with Gasteiger partial charge in [0, 0.05) is 16.7 Å². The molecule has 4 nitrogen and oxygen atoms in total. The number of carbonyl (C=O) groups is 1. The van der Waals surface area contributed by atoms with E-state index in [9.17, 15) is 4.79 Å². The van der Waals surface area contributed by atoms with E-state index in [-0.39, 0.29) is 11.9 Å². The van der Waals surface area contributed by atoms with Crippen molar-refractivity contribution in [3.8, 4) is 0 Å². The molecule has 0 N–H and O–H groups in total. The number of carbonyl (C=O) groups excluding carboxylic acids is 1. The topological polar surface area (TPSA) is 46.1 Å². The molecule has 1 aromatic carbocycles. The van der Waals surface area contributed by atoms with E-state index in [4.69, 9.17) is 11.6 Å². The molecule has 0 saturated heterocycles. The molecule has 0 spiro atoms. The van der Waals surface area contributed by atoms with Gasteiger partial charge in [-0.2, -0.15) is 0 Å². The molecule has 3 rings (SSSR count). The van der Waals surface area contributed by atoms with Crippen molar-refractivity contribution < 1.29 is 4.79 Å². The summed E-state index contributed by atoms with van der Waals surface area (Å²) in [6.07, 6.45) is 6.22. The zero-order valence-electron chi connectivity index (χ0n) is 12.1. The zero-order valence-corrected chi connectivity index (χ0v) is 14.4. The van der Waals surface area contributed by atoms with Gasteiger partial charge in [-0.3, -0.25) is 9.78 Å². The molecule has 6 heteroatoms. The maximum Gasteiger partial charge on any atom is 0.278 e. The first-order valence-electron chi connectivity index (χ1n) is 7.13. The summed E-state index contributed by atoms with van der Waals surface area (Å²) in [7, 11) is 0. The molecule has 0 atom stereocenters. The Morgan fingerprint density at radius 2 is 2.09 bits per heavy atom. The van der Waals surface area contributed by atoms with Gasteiger partial charge < -0.3 is 4.90 Å².